The number of amides is 2. The lowest BCUT2D eigenvalue weighted by Crippen LogP contribution is -2.46. The van der Waals surface area contributed by atoms with E-state index in [2.05, 4.69) is 5.32 Å². The molecule has 1 aliphatic carbocycles. The number of anilines is 1. The molecular weight excluding hydrogens is 611 g/mol. The number of thiophene rings is 1. The highest BCUT2D eigenvalue weighted by molar-refractivity contribution is 7.18. The fourth-order valence-electron chi connectivity index (χ4n) is 5.10. The maximum Gasteiger partial charge on any atom is 0.512 e. The van der Waals surface area contributed by atoms with E-state index in [1.807, 2.05) is 60.7 Å². The van der Waals surface area contributed by atoms with E-state index in [-0.39, 0.29) is 34.3 Å². The van der Waals surface area contributed by atoms with Crippen LogP contribution in [0.5, 0.6) is 5.06 Å². The van der Waals surface area contributed by atoms with Crippen molar-refractivity contribution in [3.63, 3.8) is 0 Å². The number of benzene rings is 3. The highest BCUT2D eigenvalue weighted by Crippen LogP contribution is 2.45. The van der Waals surface area contributed by atoms with E-state index >= 15 is 0 Å². The first-order valence-corrected chi connectivity index (χ1v) is 15.2. The van der Waals surface area contributed by atoms with Crippen molar-refractivity contribution in [3.05, 3.63) is 106 Å². The van der Waals surface area contributed by atoms with Crippen LogP contribution >= 0.6 is 34.5 Å². The summed E-state index contributed by atoms with van der Waals surface area (Å²) in [6, 6.07) is 24.8. The van der Waals surface area contributed by atoms with Crippen molar-refractivity contribution in [3.8, 4) is 15.5 Å². The molecule has 222 valence electrons. The second kappa shape index (κ2) is 13.9. The van der Waals surface area contributed by atoms with Crippen LogP contribution in [0.2, 0.25) is 10.0 Å². The molecule has 1 aromatic heterocycles. The summed E-state index contributed by atoms with van der Waals surface area (Å²) in [6.45, 7) is 0.167. The minimum Gasteiger partial charge on any atom is -0.449 e. The number of halogens is 2. The number of ether oxygens (including phenoxy) is 2. The van der Waals surface area contributed by atoms with E-state index in [9.17, 15) is 19.5 Å². The average Bonchev–Trinajstić information content (AvgIpc) is 3.40. The van der Waals surface area contributed by atoms with Crippen LogP contribution in [0, 0.1) is 0 Å². The molecule has 43 heavy (non-hydrogen) atoms. The van der Waals surface area contributed by atoms with Gasteiger partial charge in [0.15, 0.2) is 0 Å². The standard InChI is InChI=1S/C32H28Cl2N2O6S/c33-22-11-16-25(26(34)17-22)29(37)36(27-18-28(21-9-5-2-6-10-21)43-30(27)42-32(39)40)24-14-12-23(13-15-24)35-31(38)41-19-20-7-3-1-4-8-20/h1-11,16-18,23-24H,12-15,19H2,(H,35,38)(H,39,40). The molecule has 0 radical (unpaired) electrons. The molecule has 0 saturated heterocycles. The summed E-state index contributed by atoms with van der Waals surface area (Å²) in [5.41, 5.74) is 2.31. The summed E-state index contributed by atoms with van der Waals surface area (Å²) in [5.74, 6) is -0.409. The molecule has 4 aromatic rings. The lowest BCUT2D eigenvalue weighted by Gasteiger charge is -2.37. The topological polar surface area (TPSA) is 105 Å². The molecule has 11 heteroatoms. The van der Waals surface area contributed by atoms with Gasteiger partial charge in [0.2, 0.25) is 5.06 Å². The summed E-state index contributed by atoms with van der Waals surface area (Å²) in [5, 5.41) is 13.1. The van der Waals surface area contributed by atoms with E-state index < -0.39 is 18.2 Å². The van der Waals surface area contributed by atoms with Gasteiger partial charge in [0.1, 0.15) is 6.61 Å². The predicted molar refractivity (Wildman–Crippen MR) is 167 cm³/mol. The average molecular weight is 640 g/mol. The van der Waals surface area contributed by atoms with Gasteiger partial charge in [-0.1, -0.05) is 95.2 Å². The highest BCUT2D eigenvalue weighted by Gasteiger charge is 2.35. The Morgan fingerprint density at radius 3 is 2.23 bits per heavy atom. The molecular formula is C32H28Cl2N2O6S. The summed E-state index contributed by atoms with van der Waals surface area (Å²) in [7, 11) is 0. The van der Waals surface area contributed by atoms with Crippen LogP contribution in [0.4, 0.5) is 15.3 Å². The third-order valence-electron chi connectivity index (χ3n) is 7.15. The van der Waals surface area contributed by atoms with Crippen molar-refractivity contribution in [1.82, 2.24) is 5.32 Å². The van der Waals surface area contributed by atoms with Crippen molar-refractivity contribution in [2.24, 2.45) is 0 Å². The first kappa shape index (κ1) is 30.4. The van der Waals surface area contributed by atoms with Crippen LogP contribution < -0.4 is 15.0 Å². The number of alkyl carbamates (subject to hydrolysis) is 1. The van der Waals surface area contributed by atoms with Crippen molar-refractivity contribution in [2.75, 3.05) is 4.90 Å². The zero-order chi connectivity index (χ0) is 30.3. The van der Waals surface area contributed by atoms with Gasteiger partial charge in [0.05, 0.1) is 16.3 Å². The van der Waals surface area contributed by atoms with Crippen LogP contribution in [0.15, 0.2) is 84.9 Å². The zero-order valence-corrected chi connectivity index (χ0v) is 25.2. The van der Waals surface area contributed by atoms with E-state index in [1.54, 1.807) is 23.1 Å². The Kier molecular flexibility index (Phi) is 9.86. The molecule has 2 amide bonds. The molecule has 1 fully saturated rings. The Balaban J connectivity index is 1.39. The van der Waals surface area contributed by atoms with E-state index in [0.29, 0.717) is 36.4 Å². The first-order valence-electron chi connectivity index (χ1n) is 13.6. The van der Waals surface area contributed by atoms with E-state index in [1.165, 1.54) is 6.07 Å². The molecule has 0 bridgehead atoms. The largest absolute Gasteiger partial charge is 0.512 e. The van der Waals surface area contributed by atoms with Gasteiger partial charge in [-0.2, -0.15) is 0 Å². The summed E-state index contributed by atoms with van der Waals surface area (Å²) < 4.78 is 10.6. The van der Waals surface area contributed by atoms with Crippen molar-refractivity contribution in [1.29, 1.82) is 0 Å². The number of hydrogen-bond acceptors (Lipinski definition) is 6. The number of carboxylic acid groups (broad SMARTS) is 1. The van der Waals surface area contributed by atoms with Crippen molar-refractivity contribution >= 4 is 58.4 Å². The van der Waals surface area contributed by atoms with E-state index in [4.69, 9.17) is 32.7 Å². The van der Waals surface area contributed by atoms with Crippen LogP contribution in [-0.4, -0.2) is 35.3 Å². The minimum atomic E-state index is -1.48. The second-order valence-electron chi connectivity index (χ2n) is 10.0. The molecule has 0 spiro atoms. The third kappa shape index (κ3) is 7.67. The molecule has 1 saturated carbocycles. The van der Waals surface area contributed by atoms with Crippen LogP contribution in [0.25, 0.3) is 10.4 Å². The number of rotatable bonds is 8. The van der Waals surface area contributed by atoms with Gasteiger partial charge in [-0.3, -0.25) is 4.79 Å². The fraction of sp³-hybridized carbons (Fsp3) is 0.219. The number of hydrogen-bond donors (Lipinski definition) is 2. The van der Waals surface area contributed by atoms with Gasteiger partial charge in [-0.05, 0) is 61.1 Å². The molecule has 1 heterocycles. The van der Waals surface area contributed by atoms with Gasteiger partial charge in [-0.15, -0.1) is 0 Å². The van der Waals surface area contributed by atoms with Gasteiger partial charge in [0, 0.05) is 22.0 Å². The molecule has 1 aliphatic rings. The Hall–Kier alpha value is -4.05. The SMILES string of the molecule is O=C(O)Oc1sc(-c2ccccc2)cc1N(C(=O)c1ccc(Cl)cc1Cl)C1CCC(NC(=O)OCc2ccccc2)CC1. The normalized spacial score (nSPS) is 16.2. The summed E-state index contributed by atoms with van der Waals surface area (Å²) in [6.07, 6.45) is 0.229. The predicted octanol–water partition coefficient (Wildman–Crippen LogP) is 8.66. The molecule has 8 nitrogen and oxygen atoms in total. The Morgan fingerprint density at radius 2 is 1.58 bits per heavy atom. The number of nitrogens with one attached hydrogen (secondary N) is 1. The monoisotopic (exact) mass is 638 g/mol. The molecule has 0 aliphatic heterocycles. The maximum atomic E-state index is 14.1. The molecule has 5 rings (SSSR count). The molecule has 2 N–H and O–H groups in total. The van der Waals surface area contributed by atoms with Gasteiger partial charge in [0.25, 0.3) is 5.91 Å². The van der Waals surface area contributed by atoms with Crippen molar-refractivity contribution < 1.29 is 29.0 Å². The lowest BCUT2D eigenvalue weighted by molar-refractivity contribution is 0.0963. The summed E-state index contributed by atoms with van der Waals surface area (Å²) in [4.78, 5) is 40.6. The highest BCUT2D eigenvalue weighted by atomic mass is 35.5. The van der Waals surface area contributed by atoms with Crippen LogP contribution in [-0.2, 0) is 11.3 Å². The maximum absolute atomic E-state index is 14.1. The Bertz CT molecular complexity index is 1590. The number of carbonyl (C=O) groups is 3. The zero-order valence-electron chi connectivity index (χ0n) is 22.9. The van der Waals surface area contributed by atoms with Gasteiger partial charge >= 0.3 is 12.2 Å². The van der Waals surface area contributed by atoms with Crippen LogP contribution in [0.3, 0.4) is 0 Å². The molecule has 0 unspecified atom stereocenters. The van der Waals surface area contributed by atoms with Gasteiger partial charge in [-0.25, -0.2) is 9.59 Å². The van der Waals surface area contributed by atoms with Crippen LogP contribution in [0.1, 0.15) is 41.6 Å². The fourth-order valence-corrected chi connectivity index (χ4v) is 6.59. The molecule has 0 atom stereocenters. The quantitative estimate of drug-likeness (QED) is 0.187. The second-order valence-corrected chi connectivity index (χ2v) is 11.9. The third-order valence-corrected chi connectivity index (χ3v) is 8.75. The number of nitrogens with zero attached hydrogens (tertiary/aromatic N) is 1. The lowest BCUT2D eigenvalue weighted by atomic mass is 9.89. The summed E-state index contributed by atoms with van der Waals surface area (Å²) >= 11 is 13.7. The van der Waals surface area contributed by atoms with E-state index in [0.717, 1.165) is 27.3 Å². The van der Waals surface area contributed by atoms with Crippen molar-refractivity contribution in [2.45, 2.75) is 44.4 Å². The smallest absolute Gasteiger partial charge is 0.449 e. The Morgan fingerprint density at radius 1 is 0.907 bits per heavy atom. The Labute approximate surface area is 262 Å². The van der Waals surface area contributed by atoms with Gasteiger partial charge < -0.3 is 24.8 Å². The molecule has 3 aromatic carbocycles. The minimum absolute atomic E-state index is 0.0783. The number of carbonyl (C=O) groups excluding carboxylic acids is 2. The first-order chi connectivity index (χ1) is 20.8.